The van der Waals surface area contributed by atoms with E-state index in [2.05, 4.69) is 9.98 Å². The quantitative estimate of drug-likeness (QED) is 0.308. The van der Waals surface area contributed by atoms with Crippen LogP contribution in [0, 0.1) is 5.92 Å². The summed E-state index contributed by atoms with van der Waals surface area (Å²) in [6.07, 6.45) is 2.96. The van der Waals surface area contributed by atoms with Crippen molar-refractivity contribution < 1.29 is 24.2 Å². The second kappa shape index (κ2) is 7.11. The van der Waals surface area contributed by atoms with Crippen LogP contribution in [-0.2, 0) is 16.0 Å². The zero-order valence-electron chi connectivity index (χ0n) is 14.7. The summed E-state index contributed by atoms with van der Waals surface area (Å²) in [7, 11) is 0. The Morgan fingerprint density at radius 3 is 2.75 bits per heavy atom. The number of aliphatic imine (C=N–C) groups is 1. The Bertz CT molecular complexity index is 1110. The van der Waals surface area contributed by atoms with Crippen LogP contribution in [0.5, 0.6) is 5.75 Å². The van der Waals surface area contributed by atoms with Crippen LogP contribution in [0.3, 0.4) is 0 Å². The number of aliphatic carboxylic acids is 1. The highest BCUT2D eigenvalue weighted by atomic mass is 16.5. The van der Waals surface area contributed by atoms with Crippen LogP contribution in [0.25, 0.3) is 10.9 Å². The molecular weight excluding hydrogens is 360 g/mol. The molecule has 140 valence electrons. The minimum Gasteiger partial charge on any atom is -0.480 e. The predicted molar refractivity (Wildman–Crippen MR) is 102 cm³/mol. The van der Waals surface area contributed by atoms with Crippen LogP contribution in [0.1, 0.15) is 15.9 Å². The van der Waals surface area contributed by atoms with Crippen LogP contribution in [0.2, 0.25) is 0 Å². The number of nitrogens with zero attached hydrogens (tertiary/aromatic N) is 1. The summed E-state index contributed by atoms with van der Waals surface area (Å²) in [5.41, 5.74) is 1.97. The maximum absolute atomic E-state index is 12.6. The van der Waals surface area contributed by atoms with Crippen LogP contribution in [0.4, 0.5) is 0 Å². The predicted octanol–water partition coefficient (Wildman–Crippen LogP) is 2.65. The average molecular weight is 376 g/mol. The fourth-order valence-corrected chi connectivity index (χ4v) is 3.24. The summed E-state index contributed by atoms with van der Waals surface area (Å²) in [4.78, 5) is 43.5. The number of carbonyl (C=O) groups is 3. The fraction of sp³-hybridized carbons (Fsp3) is 0.143. The highest BCUT2D eigenvalue weighted by Crippen LogP contribution is 2.27. The Morgan fingerprint density at radius 1 is 1.18 bits per heavy atom. The molecule has 1 unspecified atom stereocenters. The van der Waals surface area contributed by atoms with Crippen molar-refractivity contribution in [1.82, 2.24) is 4.98 Å². The lowest BCUT2D eigenvalue weighted by Gasteiger charge is -2.19. The minimum absolute atomic E-state index is 0.127. The van der Waals surface area contributed by atoms with E-state index in [1.807, 2.05) is 24.3 Å². The van der Waals surface area contributed by atoms with E-state index in [4.69, 9.17) is 4.74 Å². The van der Waals surface area contributed by atoms with Gasteiger partial charge in [0.15, 0.2) is 17.7 Å². The number of hydrogen-bond donors (Lipinski definition) is 2. The maximum Gasteiger partial charge on any atom is 0.328 e. The first-order valence-electron chi connectivity index (χ1n) is 8.70. The number of Topliss-reactive ketones (excluding diaryl/α,β-unsaturated/α-hetero) is 1. The van der Waals surface area contributed by atoms with E-state index in [0.29, 0.717) is 0 Å². The molecule has 7 nitrogen and oxygen atoms in total. The molecule has 0 saturated carbocycles. The van der Waals surface area contributed by atoms with Crippen molar-refractivity contribution in [3.8, 4) is 5.75 Å². The SMILES string of the molecule is O=C1Oc2ccccc2C(=O)C1C=N[C@H](Cc1c[nH]c2ccccc12)C(=O)O. The van der Waals surface area contributed by atoms with E-state index in [1.165, 1.54) is 6.07 Å². The number of ether oxygens (including phenoxy) is 1. The third kappa shape index (κ3) is 3.18. The number of nitrogens with one attached hydrogen (secondary N) is 1. The molecule has 0 amide bonds. The van der Waals surface area contributed by atoms with E-state index in [9.17, 15) is 19.5 Å². The Kier molecular flexibility index (Phi) is 4.49. The van der Waals surface area contributed by atoms with Gasteiger partial charge in [-0.05, 0) is 23.8 Å². The number of H-pyrrole nitrogens is 1. The number of ketones is 1. The standard InChI is InChI=1S/C21H16N2O5/c24-19-14-6-2-4-8-18(14)28-21(27)15(19)11-23-17(20(25)26)9-12-10-22-16-7-3-1-5-13(12)16/h1-8,10-11,15,17,22H,9H2,(H,25,26)/t15?,17-/m1/s1. The summed E-state index contributed by atoms with van der Waals surface area (Å²) in [5.74, 6) is -3.40. The highest BCUT2D eigenvalue weighted by Gasteiger charge is 2.35. The number of carbonyl (C=O) groups excluding carboxylic acids is 2. The second-order valence-corrected chi connectivity index (χ2v) is 6.47. The Hall–Kier alpha value is -3.74. The van der Waals surface area contributed by atoms with Crippen molar-refractivity contribution in [2.24, 2.45) is 10.9 Å². The maximum atomic E-state index is 12.6. The van der Waals surface area contributed by atoms with Crippen molar-refractivity contribution >= 4 is 34.8 Å². The zero-order chi connectivity index (χ0) is 19.7. The number of benzene rings is 2. The van der Waals surface area contributed by atoms with E-state index in [0.717, 1.165) is 22.7 Å². The number of aromatic amines is 1. The number of carboxylic acids is 1. The van der Waals surface area contributed by atoms with Crippen molar-refractivity contribution in [3.63, 3.8) is 0 Å². The van der Waals surface area contributed by atoms with E-state index in [-0.39, 0.29) is 17.7 Å². The van der Waals surface area contributed by atoms with Gasteiger partial charge in [0.05, 0.1) is 5.56 Å². The summed E-state index contributed by atoms with van der Waals surface area (Å²) in [5, 5.41) is 10.4. The van der Waals surface area contributed by atoms with Gasteiger partial charge < -0.3 is 14.8 Å². The van der Waals surface area contributed by atoms with Gasteiger partial charge >= 0.3 is 11.9 Å². The molecule has 0 fully saturated rings. The zero-order valence-corrected chi connectivity index (χ0v) is 14.7. The summed E-state index contributed by atoms with van der Waals surface area (Å²) in [6.45, 7) is 0. The molecule has 28 heavy (non-hydrogen) atoms. The van der Waals surface area contributed by atoms with Gasteiger partial charge in [-0.15, -0.1) is 0 Å². The smallest absolute Gasteiger partial charge is 0.328 e. The highest BCUT2D eigenvalue weighted by molar-refractivity contribution is 6.22. The fourth-order valence-electron chi connectivity index (χ4n) is 3.24. The first-order chi connectivity index (χ1) is 13.5. The van der Waals surface area contributed by atoms with Crippen molar-refractivity contribution in [3.05, 3.63) is 65.9 Å². The van der Waals surface area contributed by atoms with Gasteiger partial charge in [0.1, 0.15) is 5.75 Å². The van der Waals surface area contributed by atoms with Crippen LogP contribution < -0.4 is 4.74 Å². The molecule has 4 rings (SSSR count). The number of rotatable bonds is 5. The second-order valence-electron chi connectivity index (χ2n) is 6.47. The lowest BCUT2D eigenvalue weighted by atomic mass is 9.95. The van der Waals surface area contributed by atoms with Gasteiger partial charge in [-0.2, -0.15) is 0 Å². The van der Waals surface area contributed by atoms with Gasteiger partial charge in [0.25, 0.3) is 0 Å². The van der Waals surface area contributed by atoms with Crippen molar-refractivity contribution in [2.45, 2.75) is 12.5 Å². The number of hydrogen-bond acceptors (Lipinski definition) is 5. The topological polar surface area (TPSA) is 109 Å². The molecule has 0 radical (unpaired) electrons. The van der Waals surface area contributed by atoms with Gasteiger partial charge in [-0.3, -0.25) is 14.6 Å². The van der Waals surface area contributed by atoms with E-state index < -0.39 is 29.7 Å². The molecule has 1 aromatic heterocycles. The molecule has 2 heterocycles. The molecule has 0 bridgehead atoms. The molecule has 2 atom stereocenters. The molecule has 3 aromatic rings. The first-order valence-corrected chi connectivity index (χ1v) is 8.70. The number of para-hydroxylation sites is 2. The summed E-state index contributed by atoms with van der Waals surface area (Å²) < 4.78 is 5.17. The van der Waals surface area contributed by atoms with Crippen molar-refractivity contribution in [2.75, 3.05) is 0 Å². The molecule has 0 aliphatic carbocycles. The Balaban J connectivity index is 1.58. The number of esters is 1. The largest absolute Gasteiger partial charge is 0.480 e. The van der Waals surface area contributed by atoms with Crippen LogP contribution in [-0.4, -0.2) is 40.1 Å². The van der Waals surface area contributed by atoms with E-state index in [1.54, 1.807) is 24.4 Å². The monoisotopic (exact) mass is 376 g/mol. The molecule has 2 aromatic carbocycles. The summed E-state index contributed by atoms with van der Waals surface area (Å²) >= 11 is 0. The lowest BCUT2D eigenvalue weighted by molar-refractivity contribution is -0.139. The van der Waals surface area contributed by atoms with Crippen LogP contribution >= 0.6 is 0 Å². The third-order valence-electron chi connectivity index (χ3n) is 4.69. The number of carboxylic acid groups (broad SMARTS) is 1. The average Bonchev–Trinajstić information content (AvgIpc) is 3.09. The number of fused-ring (bicyclic) bond motifs is 2. The van der Waals surface area contributed by atoms with Gasteiger partial charge in [-0.1, -0.05) is 30.3 Å². The minimum atomic E-state index is -1.25. The van der Waals surface area contributed by atoms with Gasteiger partial charge in [0.2, 0.25) is 0 Å². The van der Waals surface area contributed by atoms with Gasteiger partial charge in [-0.25, -0.2) is 4.79 Å². The molecule has 1 aliphatic rings. The molecule has 0 saturated heterocycles. The molecule has 0 spiro atoms. The lowest BCUT2D eigenvalue weighted by Crippen LogP contribution is -2.35. The van der Waals surface area contributed by atoms with Crippen LogP contribution in [0.15, 0.2) is 59.7 Å². The Morgan fingerprint density at radius 2 is 1.93 bits per heavy atom. The summed E-state index contributed by atoms with van der Waals surface area (Å²) in [6, 6.07) is 12.8. The number of aromatic nitrogens is 1. The van der Waals surface area contributed by atoms with Crippen molar-refractivity contribution in [1.29, 1.82) is 0 Å². The first kappa shape index (κ1) is 17.7. The normalized spacial score (nSPS) is 17.5. The van der Waals surface area contributed by atoms with Gasteiger partial charge in [0, 0.05) is 29.7 Å². The molecular formula is C21H16N2O5. The Labute approximate surface area is 159 Å². The molecule has 7 heteroatoms. The molecule has 2 N–H and O–H groups in total. The van der Waals surface area contributed by atoms with E-state index >= 15 is 0 Å². The third-order valence-corrected chi connectivity index (χ3v) is 4.69. The molecule has 1 aliphatic heterocycles.